The third-order valence-electron chi connectivity index (χ3n) is 2.72. The Morgan fingerprint density at radius 3 is 2.32 bits per heavy atom. The van der Waals surface area contributed by atoms with Gasteiger partial charge in [-0.2, -0.15) is 13.2 Å². The lowest BCUT2D eigenvalue weighted by atomic mass is 10.2. The molecule has 9 heteroatoms. The maximum absolute atomic E-state index is 12.0. The van der Waals surface area contributed by atoms with Crippen molar-refractivity contribution in [2.75, 3.05) is 13.7 Å². The molecule has 0 aliphatic heterocycles. The Kier molecular flexibility index (Phi) is 7.51. The van der Waals surface area contributed by atoms with Crippen LogP contribution in [0.25, 0.3) is 0 Å². The molecule has 2 rings (SSSR count). The Balaban J connectivity index is 0.000000257. The van der Waals surface area contributed by atoms with Gasteiger partial charge in [-0.3, -0.25) is 14.8 Å². The van der Waals surface area contributed by atoms with Gasteiger partial charge in [0.15, 0.2) is 0 Å². The third kappa shape index (κ3) is 6.58. The predicted octanol–water partition coefficient (Wildman–Crippen LogP) is 2.72. The van der Waals surface area contributed by atoms with Crippen molar-refractivity contribution in [3.63, 3.8) is 0 Å². The van der Waals surface area contributed by atoms with E-state index in [9.17, 15) is 22.8 Å². The molecule has 0 radical (unpaired) electrons. The van der Waals surface area contributed by atoms with Crippen LogP contribution in [0.3, 0.4) is 0 Å². The molecule has 0 atom stereocenters. The molecule has 6 nitrogen and oxygen atoms in total. The normalized spacial score (nSPS) is 10.3. The van der Waals surface area contributed by atoms with E-state index in [-0.39, 0.29) is 11.5 Å². The van der Waals surface area contributed by atoms with Crippen LogP contribution in [0.5, 0.6) is 0 Å². The molecule has 2 aromatic heterocycles. The van der Waals surface area contributed by atoms with Gasteiger partial charge in [-0.15, -0.1) is 0 Å². The van der Waals surface area contributed by atoms with Crippen molar-refractivity contribution in [2.24, 2.45) is 0 Å². The van der Waals surface area contributed by atoms with Crippen LogP contribution in [0.2, 0.25) is 0 Å². The molecule has 0 saturated heterocycles. The summed E-state index contributed by atoms with van der Waals surface area (Å²) < 4.78 is 40.9. The van der Waals surface area contributed by atoms with E-state index < -0.39 is 17.8 Å². The number of hydrogen-bond donors (Lipinski definition) is 1. The van der Waals surface area contributed by atoms with E-state index in [0.717, 1.165) is 18.3 Å². The monoisotopic (exact) mass is 355 g/mol. The minimum absolute atomic E-state index is 0.0977. The first-order chi connectivity index (χ1) is 11.8. The summed E-state index contributed by atoms with van der Waals surface area (Å²) >= 11 is 0. The Bertz CT molecular complexity index is 689. The van der Waals surface area contributed by atoms with E-state index in [4.69, 9.17) is 4.74 Å². The molecule has 0 spiro atoms. The highest BCUT2D eigenvalue weighted by Crippen LogP contribution is 2.27. The Morgan fingerprint density at radius 1 is 1.16 bits per heavy atom. The number of rotatable bonds is 3. The minimum atomic E-state index is -4.47. The van der Waals surface area contributed by atoms with Gasteiger partial charge in [-0.25, -0.2) is 4.79 Å². The molecular weight excluding hydrogens is 339 g/mol. The average molecular weight is 355 g/mol. The number of hydrogen-bond acceptors (Lipinski definition) is 5. The fourth-order valence-corrected chi connectivity index (χ4v) is 1.54. The van der Waals surface area contributed by atoms with Gasteiger partial charge < -0.3 is 10.1 Å². The molecular formula is C16H16F3N3O3. The summed E-state index contributed by atoms with van der Waals surface area (Å²) in [6.07, 6.45) is -0.483. The smallest absolute Gasteiger partial charge is 0.433 e. The third-order valence-corrected chi connectivity index (χ3v) is 2.72. The maximum Gasteiger partial charge on any atom is 0.433 e. The summed E-state index contributed by atoms with van der Waals surface area (Å²) in [5.41, 5.74) is -0.417. The number of ether oxygens (including phenoxy) is 1. The van der Waals surface area contributed by atoms with Crippen LogP contribution in [-0.2, 0) is 10.9 Å². The predicted molar refractivity (Wildman–Crippen MR) is 82.8 cm³/mol. The van der Waals surface area contributed by atoms with Crippen molar-refractivity contribution in [2.45, 2.75) is 13.1 Å². The van der Waals surface area contributed by atoms with Crippen LogP contribution in [0.4, 0.5) is 13.2 Å². The first-order valence-electron chi connectivity index (χ1n) is 7.12. The molecule has 2 aromatic rings. The summed E-state index contributed by atoms with van der Waals surface area (Å²) in [6, 6.07) is 5.22. The highest BCUT2D eigenvalue weighted by atomic mass is 19.4. The largest absolute Gasteiger partial charge is 0.462 e. The van der Waals surface area contributed by atoms with Gasteiger partial charge in [0.05, 0.1) is 17.7 Å². The topological polar surface area (TPSA) is 81.2 Å². The number of nitrogens with one attached hydrogen (secondary N) is 1. The number of halogens is 3. The molecule has 0 aromatic carbocycles. The number of pyridine rings is 2. The van der Waals surface area contributed by atoms with Gasteiger partial charge in [0.2, 0.25) is 0 Å². The molecule has 25 heavy (non-hydrogen) atoms. The van der Waals surface area contributed by atoms with Crippen LogP contribution < -0.4 is 5.32 Å². The Hall–Kier alpha value is -2.97. The van der Waals surface area contributed by atoms with Crippen molar-refractivity contribution in [1.29, 1.82) is 0 Å². The molecule has 1 N–H and O–H groups in total. The second-order valence-corrected chi connectivity index (χ2v) is 4.47. The van der Waals surface area contributed by atoms with E-state index in [1.807, 2.05) is 0 Å². The Labute approximate surface area is 142 Å². The summed E-state index contributed by atoms with van der Waals surface area (Å²) in [6.45, 7) is 2.17. The number of amides is 1. The quantitative estimate of drug-likeness (QED) is 0.856. The highest BCUT2D eigenvalue weighted by molar-refractivity contribution is 5.93. The van der Waals surface area contributed by atoms with Crippen LogP contribution in [0.15, 0.2) is 42.9 Å². The summed E-state index contributed by atoms with van der Waals surface area (Å²) in [4.78, 5) is 28.8. The van der Waals surface area contributed by atoms with Crippen LogP contribution >= 0.6 is 0 Å². The van der Waals surface area contributed by atoms with Gasteiger partial charge in [0.25, 0.3) is 5.91 Å². The second kappa shape index (κ2) is 9.36. The van der Waals surface area contributed by atoms with Crippen molar-refractivity contribution in [3.8, 4) is 0 Å². The van der Waals surface area contributed by atoms with E-state index in [2.05, 4.69) is 15.3 Å². The summed E-state index contributed by atoms with van der Waals surface area (Å²) in [5.74, 6) is -0.785. The molecule has 0 unspecified atom stereocenters. The van der Waals surface area contributed by atoms with Gasteiger partial charge >= 0.3 is 12.1 Å². The molecule has 0 aliphatic carbocycles. The highest BCUT2D eigenvalue weighted by Gasteiger charge is 2.32. The lowest BCUT2D eigenvalue weighted by molar-refractivity contribution is -0.141. The van der Waals surface area contributed by atoms with E-state index in [1.165, 1.54) is 13.2 Å². The number of esters is 1. The molecule has 0 aliphatic rings. The zero-order valence-corrected chi connectivity index (χ0v) is 13.5. The van der Waals surface area contributed by atoms with Crippen molar-refractivity contribution in [3.05, 3.63) is 59.7 Å². The number of carbonyl (C=O) groups is 2. The number of nitrogens with zero attached hydrogens (tertiary/aromatic N) is 2. The number of alkyl halides is 3. The minimum Gasteiger partial charge on any atom is -0.462 e. The van der Waals surface area contributed by atoms with E-state index in [1.54, 1.807) is 25.3 Å². The fourth-order valence-electron chi connectivity index (χ4n) is 1.54. The lowest BCUT2D eigenvalue weighted by Crippen LogP contribution is -2.18. The zero-order chi connectivity index (χ0) is 18.9. The van der Waals surface area contributed by atoms with Crippen molar-refractivity contribution >= 4 is 11.9 Å². The molecule has 0 bridgehead atoms. The summed E-state index contributed by atoms with van der Waals surface area (Å²) in [7, 11) is 1.39. The molecule has 1 amide bonds. The SMILES string of the molecule is CCOC(=O)c1cccnc1.CNC(=O)c1ccc(C(F)(F)F)nc1. The molecule has 0 fully saturated rings. The number of carbonyl (C=O) groups excluding carboxylic acids is 2. The van der Waals surface area contributed by atoms with Gasteiger partial charge in [0.1, 0.15) is 5.69 Å². The van der Waals surface area contributed by atoms with Crippen LogP contribution in [0.1, 0.15) is 33.3 Å². The fraction of sp³-hybridized carbons (Fsp3) is 0.250. The molecule has 0 saturated carbocycles. The maximum atomic E-state index is 12.0. The summed E-state index contributed by atoms with van der Waals surface area (Å²) in [5, 5.41) is 2.28. The van der Waals surface area contributed by atoms with E-state index in [0.29, 0.717) is 12.2 Å². The standard InChI is InChI=1S/C8H7F3N2O.C8H9NO2/c1-12-7(14)5-2-3-6(13-4-5)8(9,10)11;1-2-11-8(10)7-4-3-5-9-6-7/h2-4H,1H3,(H,12,14);3-6H,2H2,1H3. The zero-order valence-electron chi connectivity index (χ0n) is 13.5. The van der Waals surface area contributed by atoms with E-state index >= 15 is 0 Å². The lowest BCUT2D eigenvalue weighted by Gasteiger charge is -2.05. The average Bonchev–Trinajstić information content (AvgIpc) is 2.62. The van der Waals surface area contributed by atoms with Gasteiger partial charge in [-0.1, -0.05) is 0 Å². The van der Waals surface area contributed by atoms with Crippen LogP contribution in [-0.4, -0.2) is 35.5 Å². The first-order valence-corrected chi connectivity index (χ1v) is 7.12. The Morgan fingerprint density at radius 2 is 1.88 bits per heavy atom. The number of aromatic nitrogens is 2. The second-order valence-electron chi connectivity index (χ2n) is 4.47. The van der Waals surface area contributed by atoms with Gasteiger partial charge in [0, 0.05) is 25.6 Å². The van der Waals surface area contributed by atoms with Crippen molar-refractivity contribution in [1.82, 2.24) is 15.3 Å². The van der Waals surface area contributed by atoms with Crippen LogP contribution in [0, 0.1) is 0 Å². The van der Waals surface area contributed by atoms with Crippen molar-refractivity contribution < 1.29 is 27.5 Å². The van der Waals surface area contributed by atoms with Gasteiger partial charge in [-0.05, 0) is 31.2 Å². The molecule has 134 valence electrons. The molecule has 2 heterocycles. The first kappa shape index (κ1) is 20.1.